The number of amidine groups is 1. The number of hydrogen-bond donors (Lipinski definition) is 0. The minimum Gasteiger partial charge on any atom is -0.497 e. The van der Waals surface area contributed by atoms with Gasteiger partial charge < -0.3 is 18.6 Å². The van der Waals surface area contributed by atoms with Gasteiger partial charge in [-0.15, -0.1) is 5.10 Å². The Bertz CT molecular complexity index is 1300. The van der Waals surface area contributed by atoms with Crippen molar-refractivity contribution >= 4 is 35.1 Å². The van der Waals surface area contributed by atoms with Gasteiger partial charge in [-0.1, -0.05) is 26.0 Å². The zero-order valence-corrected chi connectivity index (χ0v) is 22.0. The Hall–Kier alpha value is -3.98. The number of hydrogen-bond acceptors (Lipinski definition) is 8. The minimum atomic E-state index is -0.167. The van der Waals surface area contributed by atoms with E-state index >= 15 is 0 Å². The summed E-state index contributed by atoms with van der Waals surface area (Å²) in [5.41, 5.74) is 1.67. The smallest absolute Gasteiger partial charge is 0.267 e. The summed E-state index contributed by atoms with van der Waals surface area (Å²) in [7, 11) is 3.22. The van der Waals surface area contributed by atoms with Crippen LogP contribution < -0.4 is 14.2 Å². The van der Waals surface area contributed by atoms with Crippen LogP contribution in [0.3, 0.4) is 0 Å². The number of carbonyl (C=O) groups is 1. The number of thioether (sulfide) groups is 1. The van der Waals surface area contributed by atoms with Crippen LogP contribution in [0.4, 0.5) is 0 Å². The second kappa shape index (κ2) is 12.3. The largest absolute Gasteiger partial charge is 0.497 e. The summed E-state index contributed by atoms with van der Waals surface area (Å²) in [6, 6.07) is 16.7. The van der Waals surface area contributed by atoms with Crippen molar-refractivity contribution in [3.63, 3.8) is 0 Å². The molecule has 0 saturated carbocycles. The van der Waals surface area contributed by atoms with E-state index in [2.05, 4.69) is 24.1 Å². The molecular formula is C28H29N3O5S. The van der Waals surface area contributed by atoms with Crippen LogP contribution in [-0.2, 0) is 11.3 Å². The van der Waals surface area contributed by atoms with Gasteiger partial charge in [-0.25, -0.2) is 0 Å². The van der Waals surface area contributed by atoms with Gasteiger partial charge in [-0.05, 0) is 77.3 Å². The molecule has 8 nitrogen and oxygen atoms in total. The van der Waals surface area contributed by atoms with Crippen molar-refractivity contribution in [2.24, 2.45) is 16.1 Å². The van der Waals surface area contributed by atoms with Crippen molar-refractivity contribution in [3.05, 3.63) is 82.7 Å². The first-order valence-electron chi connectivity index (χ1n) is 11.8. The number of ether oxygens (including phenoxy) is 3. The highest BCUT2D eigenvalue weighted by atomic mass is 32.2. The van der Waals surface area contributed by atoms with Crippen molar-refractivity contribution in [3.8, 4) is 17.2 Å². The topological polar surface area (TPSA) is 85.9 Å². The summed E-state index contributed by atoms with van der Waals surface area (Å²) in [6.45, 7) is 5.03. The third-order valence-corrected chi connectivity index (χ3v) is 6.30. The molecule has 192 valence electrons. The lowest BCUT2D eigenvalue weighted by Gasteiger charge is -2.13. The lowest BCUT2D eigenvalue weighted by atomic mass is 10.2. The first-order chi connectivity index (χ1) is 18.0. The zero-order chi connectivity index (χ0) is 26.2. The minimum absolute atomic E-state index is 0.167. The monoisotopic (exact) mass is 519 g/mol. The molecule has 0 unspecified atom stereocenters. The number of furan rings is 1. The molecule has 1 saturated heterocycles. The van der Waals surface area contributed by atoms with Crippen LogP contribution >= 0.6 is 11.8 Å². The highest BCUT2D eigenvalue weighted by molar-refractivity contribution is 8.18. The lowest BCUT2D eigenvalue weighted by Crippen LogP contribution is -2.28. The normalized spacial score (nSPS) is 15.9. The van der Waals surface area contributed by atoms with E-state index < -0.39 is 0 Å². The Morgan fingerprint density at radius 1 is 1.03 bits per heavy atom. The number of rotatable bonds is 10. The summed E-state index contributed by atoms with van der Waals surface area (Å²) in [4.78, 5) is 15.3. The third kappa shape index (κ3) is 6.83. The van der Waals surface area contributed by atoms with Gasteiger partial charge in [0.25, 0.3) is 5.91 Å². The van der Waals surface area contributed by atoms with Crippen LogP contribution in [0.15, 0.2) is 80.4 Å². The average molecular weight is 520 g/mol. The Kier molecular flexibility index (Phi) is 8.68. The Morgan fingerprint density at radius 2 is 1.81 bits per heavy atom. The standard InChI is InChI=1S/C28H29N3O5S/c1-19(2)18-36-24-12-9-21(14-25(24)34-4)16-29-30-28-31(17-23-6-5-13-35-23)27(32)26(37-28)15-20-7-10-22(33-3)11-8-20/h5-16,19H,17-18H2,1-4H3/b26-15-,29-16-,30-28+. The molecule has 0 spiro atoms. The zero-order valence-electron chi connectivity index (χ0n) is 21.2. The molecule has 4 rings (SSSR count). The second-order valence-corrected chi connectivity index (χ2v) is 9.61. The van der Waals surface area contributed by atoms with Gasteiger partial charge in [0, 0.05) is 0 Å². The number of carbonyl (C=O) groups excluding carboxylic acids is 1. The SMILES string of the molecule is COc1ccc(/C=C2\S/C(=N/N=C\c3ccc(OCC(C)C)c(OC)c3)N(Cc3ccco3)C2=O)cc1. The fourth-order valence-corrected chi connectivity index (χ4v) is 4.35. The Morgan fingerprint density at radius 3 is 2.49 bits per heavy atom. The van der Waals surface area contributed by atoms with Crippen molar-refractivity contribution < 1.29 is 23.4 Å². The van der Waals surface area contributed by atoms with Gasteiger partial charge in [-0.2, -0.15) is 5.10 Å². The van der Waals surface area contributed by atoms with Crippen LogP contribution in [0.5, 0.6) is 17.2 Å². The molecule has 0 aliphatic carbocycles. The van der Waals surface area contributed by atoms with E-state index in [1.807, 2.05) is 54.6 Å². The van der Waals surface area contributed by atoms with E-state index in [4.69, 9.17) is 18.6 Å². The van der Waals surface area contributed by atoms with Crippen LogP contribution in [0.1, 0.15) is 30.7 Å². The highest BCUT2D eigenvalue weighted by Gasteiger charge is 2.34. The molecule has 2 heterocycles. The molecule has 2 aromatic carbocycles. The van der Waals surface area contributed by atoms with Crippen LogP contribution in [-0.4, -0.2) is 43.0 Å². The Balaban J connectivity index is 1.56. The maximum atomic E-state index is 13.2. The first kappa shape index (κ1) is 26.1. The maximum absolute atomic E-state index is 13.2. The fraction of sp³-hybridized carbons (Fsp3) is 0.250. The van der Waals surface area contributed by atoms with E-state index in [0.29, 0.717) is 39.9 Å². The van der Waals surface area contributed by atoms with Crippen LogP contribution in [0.25, 0.3) is 6.08 Å². The van der Waals surface area contributed by atoms with E-state index in [1.54, 1.807) is 37.7 Å². The van der Waals surface area contributed by atoms with Crippen molar-refractivity contribution in [1.29, 1.82) is 0 Å². The summed E-state index contributed by atoms with van der Waals surface area (Å²) >= 11 is 1.26. The molecule has 3 aromatic rings. The fourth-order valence-electron chi connectivity index (χ4n) is 3.42. The van der Waals surface area contributed by atoms with Gasteiger partial charge in [0.2, 0.25) is 0 Å². The van der Waals surface area contributed by atoms with Gasteiger partial charge in [0.1, 0.15) is 11.5 Å². The average Bonchev–Trinajstić information content (AvgIpc) is 3.52. The summed E-state index contributed by atoms with van der Waals surface area (Å²) < 4.78 is 22.0. The molecule has 37 heavy (non-hydrogen) atoms. The van der Waals surface area contributed by atoms with Gasteiger partial charge in [-0.3, -0.25) is 9.69 Å². The predicted molar refractivity (Wildman–Crippen MR) is 146 cm³/mol. The van der Waals surface area contributed by atoms with E-state index in [-0.39, 0.29) is 12.5 Å². The maximum Gasteiger partial charge on any atom is 0.267 e. The van der Waals surface area contributed by atoms with E-state index in [0.717, 1.165) is 16.9 Å². The van der Waals surface area contributed by atoms with Crippen molar-refractivity contribution in [2.45, 2.75) is 20.4 Å². The van der Waals surface area contributed by atoms with Gasteiger partial charge >= 0.3 is 0 Å². The molecule has 0 bridgehead atoms. The molecule has 0 atom stereocenters. The first-order valence-corrected chi connectivity index (χ1v) is 12.6. The lowest BCUT2D eigenvalue weighted by molar-refractivity contribution is -0.122. The number of methoxy groups -OCH3 is 2. The molecule has 1 amide bonds. The van der Waals surface area contributed by atoms with Crippen molar-refractivity contribution in [1.82, 2.24) is 4.90 Å². The number of amides is 1. The summed E-state index contributed by atoms with van der Waals surface area (Å²) in [5.74, 6) is 2.93. The molecule has 0 radical (unpaired) electrons. The van der Waals surface area contributed by atoms with Crippen molar-refractivity contribution in [2.75, 3.05) is 20.8 Å². The number of nitrogens with zero attached hydrogens (tertiary/aromatic N) is 3. The molecule has 0 N–H and O–H groups in total. The molecule has 9 heteroatoms. The molecule has 1 aliphatic rings. The van der Waals surface area contributed by atoms with E-state index in [1.165, 1.54) is 11.8 Å². The molecule has 1 fully saturated rings. The van der Waals surface area contributed by atoms with Crippen LogP contribution in [0.2, 0.25) is 0 Å². The molecular weight excluding hydrogens is 490 g/mol. The third-order valence-electron chi connectivity index (χ3n) is 5.31. The number of benzene rings is 2. The van der Waals surface area contributed by atoms with E-state index in [9.17, 15) is 4.79 Å². The quantitative estimate of drug-likeness (QED) is 0.190. The predicted octanol–water partition coefficient (Wildman–Crippen LogP) is 5.84. The summed E-state index contributed by atoms with van der Waals surface area (Å²) in [6.07, 6.45) is 5.02. The molecule has 1 aromatic heterocycles. The highest BCUT2D eigenvalue weighted by Crippen LogP contribution is 2.34. The second-order valence-electron chi connectivity index (χ2n) is 8.60. The van der Waals surface area contributed by atoms with Gasteiger partial charge in [0.15, 0.2) is 16.7 Å². The molecule has 1 aliphatic heterocycles. The van der Waals surface area contributed by atoms with Gasteiger partial charge in [0.05, 0.1) is 44.8 Å². The Labute approximate surface area is 220 Å². The summed E-state index contributed by atoms with van der Waals surface area (Å²) in [5, 5.41) is 9.09. The van der Waals surface area contributed by atoms with Crippen LogP contribution in [0, 0.1) is 5.92 Å².